The van der Waals surface area contributed by atoms with Gasteiger partial charge in [0.25, 0.3) is 0 Å². The average molecular weight is 194 g/mol. The second kappa shape index (κ2) is 4.63. The van der Waals surface area contributed by atoms with Gasteiger partial charge in [-0.05, 0) is 30.7 Å². The molecule has 0 unspecified atom stereocenters. The van der Waals surface area contributed by atoms with Crippen molar-refractivity contribution in [3.8, 4) is 0 Å². The molecule has 0 aromatic carbocycles. The zero-order valence-electron chi connectivity index (χ0n) is 10.0. The number of nitrogens with zero attached hydrogens (tertiary/aromatic N) is 2. The first-order valence-electron chi connectivity index (χ1n) is 5.52. The summed E-state index contributed by atoms with van der Waals surface area (Å²) < 4.78 is 2.13. The Bertz CT molecular complexity index is 257. The van der Waals surface area contributed by atoms with E-state index in [9.17, 15) is 0 Å². The third-order valence-electron chi connectivity index (χ3n) is 2.37. The van der Waals surface area contributed by atoms with Crippen LogP contribution in [0, 0.1) is 18.8 Å². The molecule has 0 saturated heterocycles. The van der Waals surface area contributed by atoms with Crippen LogP contribution in [0.25, 0.3) is 0 Å². The molecule has 1 aromatic heterocycles. The van der Waals surface area contributed by atoms with Gasteiger partial charge in [-0.3, -0.25) is 4.68 Å². The second-order valence-corrected chi connectivity index (χ2v) is 4.93. The van der Waals surface area contributed by atoms with Crippen LogP contribution in [0.1, 0.15) is 39.0 Å². The molecule has 0 aliphatic rings. The number of aromatic nitrogens is 2. The molecule has 2 heteroatoms. The molecule has 0 aliphatic carbocycles. The van der Waals surface area contributed by atoms with E-state index in [2.05, 4.69) is 44.4 Å². The molecule has 1 rings (SSSR count). The highest BCUT2D eigenvalue weighted by molar-refractivity contribution is 5.16. The maximum Gasteiger partial charge on any atom is 0.0524 e. The van der Waals surface area contributed by atoms with Gasteiger partial charge in [0, 0.05) is 12.2 Å². The smallest absolute Gasteiger partial charge is 0.0524 e. The van der Waals surface area contributed by atoms with Gasteiger partial charge in [0.1, 0.15) is 0 Å². The van der Waals surface area contributed by atoms with Crippen molar-refractivity contribution >= 4 is 0 Å². The fraction of sp³-hybridized carbons (Fsp3) is 0.750. The van der Waals surface area contributed by atoms with Crippen LogP contribution in [-0.4, -0.2) is 9.78 Å². The summed E-state index contributed by atoms with van der Waals surface area (Å²) in [6, 6.07) is 0. The average Bonchev–Trinajstić information content (AvgIpc) is 2.34. The van der Waals surface area contributed by atoms with E-state index >= 15 is 0 Å². The normalized spacial score (nSPS) is 11.6. The Morgan fingerprint density at radius 1 is 1.21 bits per heavy atom. The van der Waals surface area contributed by atoms with Gasteiger partial charge < -0.3 is 0 Å². The van der Waals surface area contributed by atoms with Crippen molar-refractivity contribution in [2.45, 2.75) is 47.6 Å². The summed E-state index contributed by atoms with van der Waals surface area (Å²) in [5.74, 6) is 1.38. The predicted molar refractivity (Wildman–Crippen MR) is 60.3 cm³/mol. The lowest BCUT2D eigenvalue weighted by atomic mass is 10.0. The van der Waals surface area contributed by atoms with Crippen LogP contribution in [0.2, 0.25) is 0 Å². The van der Waals surface area contributed by atoms with Crippen molar-refractivity contribution in [3.63, 3.8) is 0 Å². The first-order chi connectivity index (χ1) is 6.50. The Morgan fingerprint density at radius 2 is 1.86 bits per heavy atom. The van der Waals surface area contributed by atoms with Crippen molar-refractivity contribution in [3.05, 3.63) is 17.5 Å². The van der Waals surface area contributed by atoms with Gasteiger partial charge in [0.05, 0.1) is 6.20 Å². The number of rotatable bonds is 4. The summed E-state index contributed by atoms with van der Waals surface area (Å²) in [7, 11) is 0. The zero-order valence-corrected chi connectivity index (χ0v) is 10.0. The van der Waals surface area contributed by atoms with Gasteiger partial charge in [-0.1, -0.05) is 27.7 Å². The van der Waals surface area contributed by atoms with Crippen molar-refractivity contribution in [2.24, 2.45) is 11.8 Å². The van der Waals surface area contributed by atoms with Crippen LogP contribution in [0.3, 0.4) is 0 Å². The van der Waals surface area contributed by atoms with Crippen LogP contribution >= 0.6 is 0 Å². The van der Waals surface area contributed by atoms with E-state index in [0.717, 1.165) is 13.0 Å². The zero-order chi connectivity index (χ0) is 10.7. The Kier molecular flexibility index (Phi) is 3.73. The first-order valence-corrected chi connectivity index (χ1v) is 5.52. The molecule has 0 spiro atoms. The molecule has 1 heterocycles. The molecule has 0 aliphatic heterocycles. The van der Waals surface area contributed by atoms with Gasteiger partial charge in [0.2, 0.25) is 0 Å². The van der Waals surface area contributed by atoms with Crippen molar-refractivity contribution < 1.29 is 0 Å². The van der Waals surface area contributed by atoms with Crippen LogP contribution in [0.4, 0.5) is 0 Å². The molecular weight excluding hydrogens is 172 g/mol. The highest BCUT2D eigenvalue weighted by atomic mass is 15.3. The minimum Gasteiger partial charge on any atom is -0.269 e. The lowest BCUT2D eigenvalue weighted by Crippen LogP contribution is -2.08. The molecule has 0 fully saturated rings. The molecule has 0 radical (unpaired) electrons. The third-order valence-corrected chi connectivity index (χ3v) is 2.37. The summed E-state index contributed by atoms with van der Waals surface area (Å²) >= 11 is 0. The van der Waals surface area contributed by atoms with Crippen molar-refractivity contribution in [1.29, 1.82) is 0 Å². The highest BCUT2D eigenvalue weighted by Gasteiger charge is 2.08. The topological polar surface area (TPSA) is 17.8 Å². The lowest BCUT2D eigenvalue weighted by Gasteiger charge is -2.08. The Hall–Kier alpha value is -0.790. The molecule has 0 atom stereocenters. The van der Waals surface area contributed by atoms with Gasteiger partial charge in [-0.15, -0.1) is 0 Å². The maximum atomic E-state index is 4.43. The van der Waals surface area contributed by atoms with Crippen LogP contribution < -0.4 is 0 Å². The van der Waals surface area contributed by atoms with E-state index in [-0.39, 0.29) is 0 Å². The van der Waals surface area contributed by atoms with E-state index in [1.165, 1.54) is 11.3 Å². The third kappa shape index (κ3) is 2.86. The van der Waals surface area contributed by atoms with E-state index in [1.807, 2.05) is 6.20 Å². The monoisotopic (exact) mass is 194 g/mol. The lowest BCUT2D eigenvalue weighted by molar-refractivity contribution is 0.473. The standard InChI is InChI=1S/C12H22N2/c1-9(2)6-12-7-13-14(11(12)5)8-10(3)4/h7,9-10H,6,8H2,1-5H3. The Balaban J connectivity index is 2.75. The van der Waals surface area contributed by atoms with Crippen molar-refractivity contribution in [1.82, 2.24) is 9.78 Å². The van der Waals surface area contributed by atoms with Gasteiger partial charge in [-0.25, -0.2) is 0 Å². The Labute approximate surface area is 87.3 Å². The Morgan fingerprint density at radius 3 is 2.36 bits per heavy atom. The van der Waals surface area contributed by atoms with Gasteiger partial charge in [0.15, 0.2) is 0 Å². The van der Waals surface area contributed by atoms with Gasteiger partial charge in [-0.2, -0.15) is 5.10 Å². The quantitative estimate of drug-likeness (QED) is 0.720. The SMILES string of the molecule is Cc1c(CC(C)C)cnn1CC(C)C. The largest absolute Gasteiger partial charge is 0.269 e. The molecule has 80 valence electrons. The van der Waals surface area contributed by atoms with Crippen LogP contribution in [0.15, 0.2) is 6.20 Å². The number of hydrogen-bond acceptors (Lipinski definition) is 1. The van der Waals surface area contributed by atoms with Crippen LogP contribution in [-0.2, 0) is 13.0 Å². The highest BCUT2D eigenvalue weighted by Crippen LogP contribution is 2.13. The molecule has 2 nitrogen and oxygen atoms in total. The van der Waals surface area contributed by atoms with Crippen LogP contribution in [0.5, 0.6) is 0 Å². The molecule has 0 N–H and O–H groups in total. The molecule has 0 saturated carbocycles. The first kappa shape index (κ1) is 11.3. The fourth-order valence-corrected chi connectivity index (χ4v) is 1.66. The summed E-state index contributed by atoms with van der Waals surface area (Å²) in [6.07, 6.45) is 3.17. The summed E-state index contributed by atoms with van der Waals surface area (Å²) in [6.45, 7) is 12.2. The summed E-state index contributed by atoms with van der Waals surface area (Å²) in [5.41, 5.74) is 2.74. The van der Waals surface area contributed by atoms with Gasteiger partial charge >= 0.3 is 0 Å². The van der Waals surface area contributed by atoms with Crippen molar-refractivity contribution in [2.75, 3.05) is 0 Å². The summed E-state index contributed by atoms with van der Waals surface area (Å²) in [4.78, 5) is 0. The fourth-order valence-electron chi connectivity index (χ4n) is 1.66. The van der Waals surface area contributed by atoms with E-state index in [0.29, 0.717) is 11.8 Å². The van der Waals surface area contributed by atoms with E-state index in [4.69, 9.17) is 0 Å². The molecule has 14 heavy (non-hydrogen) atoms. The molecule has 0 bridgehead atoms. The maximum absolute atomic E-state index is 4.43. The summed E-state index contributed by atoms with van der Waals surface area (Å²) in [5, 5.41) is 4.43. The molecule has 1 aromatic rings. The minimum atomic E-state index is 0.667. The molecular formula is C12H22N2. The second-order valence-electron chi connectivity index (χ2n) is 4.93. The molecule has 0 amide bonds. The van der Waals surface area contributed by atoms with E-state index in [1.54, 1.807) is 0 Å². The minimum absolute atomic E-state index is 0.667. The predicted octanol–water partition coefficient (Wildman–Crippen LogP) is 3.05. The number of hydrogen-bond donors (Lipinski definition) is 0. The van der Waals surface area contributed by atoms with E-state index < -0.39 is 0 Å².